The van der Waals surface area contributed by atoms with Crippen molar-refractivity contribution in [1.82, 2.24) is 14.1 Å². The minimum absolute atomic E-state index is 0.710. The van der Waals surface area contributed by atoms with Gasteiger partial charge in [-0.15, -0.1) is 0 Å². The molecule has 268 valence electrons. The number of pyridine rings is 1. The number of aromatic nitrogens is 3. The Morgan fingerprint density at radius 1 is 0.623 bits per heavy atom. The van der Waals surface area contributed by atoms with Crippen LogP contribution in [-0.4, -0.2) is 14.1 Å². The number of hydrogen-bond donors (Lipinski definition) is 1. The lowest BCUT2D eigenvalue weighted by Gasteiger charge is -2.12. The minimum Gasteiger partial charge on any atom is -0.398 e. The van der Waals surface area contributed by atoms with Crippen molar-refractivity contribution in [2.24, 2.45) is 5.73 Å². The summed E-state index contributed by atoms with van der Waals surface area (Å²) in [5.41, 5.74) is 17.3. The van der Waals surface area contributed by atoms with Crippen LogP contribution in [0.4, 0.5) is 0 Å². The zero-order chi connectivity index (χ0) is 37.6. The SMILES string of the molecule is C/C=C\C=C/C/C=C(\C=C(/N)c1ccccc1)n1c2cc(-c3ccc4c(c3)c3ccccc3n4C/C=C\C=C/C)ccc2c2ncccc21.CC.CC. The molecule has 4 nitrogen and oxygen atoms in total. The highest BCUT2D eigenvalue weighted by molar-refractivity contribution is 6.11. The second-order valence-electron chi connectivity index (χ2n) is 12.0. The fourth-order valence-electron chi connectivity index (χ4n) is 6.62. The van der Waals surface area contributed by atoms with Crippen molar-refractivity contribution >= 4 is 55.1 Å². The normalized spacial score (nSPS) is 12.5. The van der Waals surface area contributed by atoms with Crippen LogP contribution in [0.15, 0.2) is 170 Å². The molecule has 0 atom stereocenters. The van der Waals surface area contributed by atoms with Gasteiger partial charge < -0.3 is 14.9 Å². The highest BCUT2D eigenvalue weighted by Gasteiger charge is 2.16. The molecule has 0 saturated carbocycles. The first-order valence-electron chi connectivity index (χ1n) is 18.9. The van der Waals surface area contributed by atoms with Crippen molar-refractivity contribution in [3.05, 3.63) is 176 Å². The average Bonchev–Trinajstić information content (AvgIpc) is 3.72. The molecule has 2 N–H and O–H groups in total. The Hall–Kier alpha value is -6.13. The third-order valence-electron chi connectivity index (χ3n) is 8.93. The average molecular weight is 697 g/mol. The van der Waals surface area contributed by atoms with Gasteiger partial charge in [-0.3, -0.25) is 4.98 Å². The molecular weight excluding hydrogens is 645 g/mol. The van der Waals surface area contributed by atoms with Crippen LogP contribution in [0.25, 0.3) is 66.3 Å². The summed E-state index contributed by atoms with van der Waals surface area (Å²) in [5.74, 6) is 0. The second-order valence-corrected chi connectivity index (χ2v) is 12.0. The maximum atomic E-state index is 6.76. The van der Waals surface area contributed by atoms with E-state index < -0.39 is 0 Å². The van der Waals surface area contributed by atoms with Crippen LogP contribution in [0.3, 0.4) is 0 Å². The van der Waals surface area contributed by atoms with Crippen LogP contribution in [0.5, 0.6) is 0 Å². The quantitative estimate of drug-likeness (QED) is 0.145. The van der Waals surface area contributed by atoms with Gasteiger partial charge in [0.15, 0.2) is 0 Å². The van der Waals surface area contributed by atoms with Gasteiger partial charge in [0.2, 0.25) is 0 Å². The van der Waals surface area contributed by atoms with E-state index in [9.17, 15) is 0 Å². The van der Waals surface area contributed by atoms with Crippen LogP contribution in [-0.2, 0) is 6.54 Å². The molecule has 0 amide bonds. The molecule has 0 bridgehead atoms. The van der Waals surface area contributed by atoms with Crippen molar-refractivity contribution in [1.29, 1.82) is 0 Å². The summed E-state index contributed by atoms with van der Waals surface area (Å²) in [4.78, 5) is 4.85. The van der Waals surface area contributed by atoms with Gasteiger partial charge in [0.05, 0.1) is 16.6 Å². The van der Waals surface area contributed by atoms with E-state index in [1.165, 1.54) is 27.4 Å². The third kappa shape index (κ3) is 8.34. The monoisotopic (exact) mass is 696 g/mol. The smallest absolute Gasteiger partial charge is 0.0963 e. The highest BCUT2D eigenvalue weighted by atomic mass is 15.0. The maximum absolute atomic E-state index is 6.76. The standard InChI is InChI=1S/C45H40N4.2C2H6/c1-3-5-7-9-13-20-36(32-40(46)33-18-11-10-12-19-33)49-43-23-17-28-47-45(43)38-26-24-35(31-44(38)49)34-25-27-42-39(30-34)37-21-14-15-22-41(37)48(42)29-16-8-6-4-2;2*1-2/h3-12,14-28,30-32H,13,29,46H2,1-2H3;2*1-2H3/b5-3-,6-4-,9-7-,16-8-,36-20+,40-32-;;. The molecule has 0 spiro atoms. The fraction of sp³-hybridized carbons (Fsp3) is 0.163. The molecule has 0 fully saturated rings. The first kappa shape index (κ1) is 38.1. The van der Waals surface area contributed by atoms with Crippen molar-refractivity contribution in [3.63, 3.8) is 0 Å². The molecule has 0 aliphatic carbocycles. The molecule has 7 aromatic rings. The van der Waals surface area contributed by atoms with Crippen LogP contribution in [0, 0.1) is 0 Å². The molecule has 0 radical (unpaired) electrons. The number of nitrogens with zero attached hydrogens (tertiary/aromatic N) is 3. The molecule has 7 rings (SSSR count). The Morgan fingerprint density at radius 2 is 1.28 bits per heavy atom. The molecule has 0 unspecified atom stereocenters. The number of nitrogens with two attached hydrogens (primary N) is 1. The summed E-state index contributed by atoms with van der Waals surface area (Å²) < 4.78 is 4.70. The third-order valence-corrected chi connectivity index (χ3v) is 8.93. The number of hydrogen-bond acceptors (Lipinski definition) is 2. The van der Waals surface area contributed by atoms with Gasteiger partial charge in [-0.2, -0.15) is 0 Å². The summed E-state index contributed by atoms with van der Waals surface area (Å²) in [6.45, 7) is 12.9. The lowest BCUT2D eigenvalue weighted by Crippen LogP contribution is -2.01. The van der Waals surface area contributed by atoms with Gasteiger partial charge >= 0.3 is 0 Å². The van der Waals surface area contributed by atoms with Crippen molar-refractivity contribution < 1.29 is 0 Å². The Bertz CT molecular complexity index is 2460. The second kappa shape index (κ2) is 18.9. The summed E-state index contributed by atoms with van der Waals surface area (Å²) in [7, 11) is 0. The highest BCUT2D eigenvalue weighted by Crippen LogP contribution is 2.37. The first-order chi connectivity index (χ1) is 26.2. The zero-order valence-electron chi connectivity index (χ0n) is 32.0. The van der Waals surface area contributed by atoms with E-state index >= 15 is 0 Å². The van der Waals surface area contributed by atoms with Crippen LogP contribution in [0.2, 0.25) is 0 Å². The summed E-state index contributed by atoms with van der Waals surface area (Å²) >= 11 is 0. The molecule has 3 heterocycles. The largest absolute Gasteiger partial charge is 0.398 e. The van der Waals surface area contributed by atoms with Gasteiger partial charge in [0.1, 0.15) is 0 Å². The molecule has 0 saturated heterocycles. The van der Waals surface area contributed by atoms with Crippen molar-refractivity contribution in [2.75, 3.05) is 0 Å². The number of benzene rings is 4. The number of allylic oxidation sites excluding steroid dienone is 11. The molecular formula is C49H52N4. The summed E-state index contributed by atoms with van der Waals surface area (Å²) in [6, 6.07) is 36.6. The topological polar surface area (TPSA) is 48.8 Å². The number of fused-ring (bicyclic) bond motifs is 6. The van der Waals surface area contributed by atoms with Crippen LogP contribution in [0.1, 0.15) is 53.5 Å². The number of para-hydroxylation sites is 1. The van der Waals surface area contributed by atoms with Crippen molar-refractivity contribution in [2.45, 2.75) is 54.5 Å². The van der Waals surface area contributed by atoms with E-state index in [1.54, 1.807) is 0 Å². The van der Waals surface area contributed by atoms with Gasteiger partial charge in [-0.25, -0.2) is 0 Å². The van der Waals surface area contributed by atoms with E-state index in [4.69, 9.17) is 10.7 Å². The van der Waals surface area contributed by atoms with Gasteiger partial charge in [-0.05, 0) is 85.5 Å². The molecule has 4 heteroatoms. The predicted molar refractivity (Wildman–Crippen MR) is 234 cm³/mol. The Labute approximate surface area is 315 Å². The fourth-order valence-corrected chi connectivity index (χ4v) is 6.62. The Kier molecular flexibility index (Phi) is 13.6. The maximum Gasteiger partial charge on any atom is 0.0963 e. The lowest BCUT2D eigenvalue weighted by molar-refractivity contribution is 0.899. The van der Waals surface area contributed by atoms with Crippen LogP contribution >= 0.6 is 0 Å². The van der Waals surface area contributed by atoms with Gasteiger partial charge in [-0.1, -0.05) is 143 Å². The van der Waals surface area contributed by atoms with E-state index in [-0.39, 0.29) is 0 Å². The van der Waals surface area contributed by atoms with E-state index in [2.05, 4.69) is 124 Å². The Balaban J connectivity index is 0.00000131. The lowest BCUT2D eigenvalue weighted by atomic mass is 10.0. The molecule has 53 heavy (non-hydrogen) atoms. The molecule has 3 aromatic heterocycles. The first-order valence-corrected chi connectivity index (χ1v) is 18.9. The molecule has 0 aliphatic heterocycles. The summed E-state index contributed by atoms with van der Waals surface area (Å²) in [6.07, 6.45) is 23.7. The van der Waals surface area contributed by atoms with E-state index in [1.807, 2.05) is 96.3 Å². The molecule has 4 aromatic carbocycles. The van der Waals surface area contributed by atoms with Crippen molar-refractivity contribution in [3.8, 4) is 11.1 Å². The van der Waals surface area contributed by atoms with Gasteiger partial charge in [0, 0.05) is 51.3 Å². The predicted octanol–water partition coefficient (Wildman–Crippen LogP) is 13.5. The van der Waals surface area contributed by atoms with E-state index in [0.717, 1.165) is 51.7 Å². The van der Waals surface area contributed by atoms with Gasteiger partial charge in [0.25, 0.3) is 0 Å². The van der Waals surface area contributed by atoms with Crippen LogP contribution < -0.4 is 5.73 Å². The Morgan fingerprint density at radius 3 is 2.06 bits per heavy atom. The summed E-state index contributed by atoms with van der Waals surface area (Å²) in [5, 5.41) is 3.62. The molecule has 0 aliphatic rings. The minimum atomic E-state index is 0.710. The zero-order valence-corrected chi connectivity index (χ0v) is 32.0. The van der Waals surface area contributed by atoms with E-state index in [0.29, 0.717) is 5.70 Å². The number of rotatable bonds is 10.